The van der Waals surface area contributed by atoms with E-state index in [1.165, 1.54) is 18.2 Å². The Hall–Kier alpha value is -2.83. The van der Waals surface area contributed by atoms with Crippen LogP contribution in [0.2, 0.25) is 0 Å². The Morgan fingerprint density at radius 2 is 1.75 bits per heavy atom. The van der Waals surface area contributed by atoms with Crippen molar-refractivity contribution in [1.29, 1.82) is 0 Å². The summed E-state index contributed by atoms with van der Waals surface area (Å²) in [7, 11) is 0. The van der Waals surface area contributed by atoms with Gasteiger partial charge < -0.3 is 10.1 Å². The van der Waals surface area contributed by atoms with Crippen LogP contribution in [0.3, 0.4) is 0 Å². The molecular weight excluding hydrogens is 326 g/mol. The number of aromatic carboxylic acids is 1. The van der Waals surface area contributed by atoms with Gasteiger partial charge in [-0.05, 0) is 35.9 Å². The lowest BCUT2D eigenvalue weighted by molar-refractivity contribution is -0.137. The van der Waals surface area contributed by atoms with Crippen molar-refractivity contribution in [3.63, 3.8) is 0 Å². The number of halogens is 4. The van der Waals surface area contributed by atoms with Crippen molar-refractivity contribution < 1.29 is 27.5 Å². The van der Waals surface area contributed by atoms with Crippen molar-refractivity contribution in [2.24, 2.45) is 0 Å². The fraction of sp³-hybridized carbons (Fsp3) is 0.118. The van der Waals surface area contributed by atoms with E-state index in [0.29, 0.717) is 16.6 Å². The highest BCUT2D eigenvalue weighted by molar-refractivity contribution is 6.02. The Morgan fingerprint density at radius 3 is 2.33 bits per heavy atom. The zero-order valence-corrected chi connectivity index (χ0v) is 12.1. The molecule has 3 rings (SSSR count). The van der Waals surface area contributed by atoms with Crippen molar-refractivity contribution in [2.75, 3.05) is 0 Å². The molecular formula is C17H11F4NO2. The summed E-state index contributed by atoms with van der Waals surface area (Å²) in [6, 6.07) is 8.39. The van der Waals surface area contributed by atoms with Crippen LogP contribution in [0.25, 0.3) is 10.9 Å². The summed E-state index contributed by atoms with van der Waals surface area (Å²) >= 11 is 0. The predicted octanol–water partition coefficient (Wildman–Crippen LogP) is 4.61. The van der Waals surface area contributed by atoms with Crippen LogP contribution < -0.4 is 0 Å². The van der Waals surface area contributed by atoms with Crippen LogP contribution >= 0.6 is 0 Å². The number of hydrogen-bond donors (Lipinski definition) is 2. The quantitative estimate of drug-likeness (QED) is 0.686. The number of benzene rings is 2. The monoisotopic (exact) mass is 337 g/mol. The highest BCUT2D eigenvalue weighted by atomic mass is 19.4. The number of carboxylic acid groups (broad SMARTS) is 1. The zero-order chi connectivity index (χ0) is 17.5. The van der Waals surface area contributed by atoms with Crippen LogP contribution in [-0.2, 0) is 12.6 Å². The SMILES string of the molecule is O=C(O)c1cc(F)cc2cc(Cc3ccc(C(F)(F)F)cc3)[nH]c12. The van der Waals surface area contributed by atoms with Crippen molar-refractivity contribution in [3.8, 4) is 0 Å². The van der Waals surface area contributed by atoms with Gasteiger partial charge in [0.15, 0.2) is 0 Å². The summed E-state index contributed by atoms with van der Waals surface area (Å²) in [6.45, 7) is 0. The first-order valence-electron chi connectivity index (χ1n) is 6.94. The first-order chi connectivity index (χ1) is 11.2. The minimum absolute atomic E-state index is 0.191. The van der Waals surface area contributed by atoms with E-state index in [0.717, 1.165) is 18.2 Å². The third-order valence-electron chi connectivity index (χ3n) is 3.66. The number of carboxylic acids is 1. The van der Waals surface area contributed by atoms with Gasteiger partial charge in [-0.25, -0.2) is 9.18 Å². The maximum atomic E-state index is 13.5. The molecule has 7 heteroatoms. The van der Waals surface area contributed by atoms with Gasteiger partial charge in [-0.3, -0.25) is 0 Å². The lowest BCUT2D eigenvalue weighted by Gasteiger charge is -2.07. The standard InChI is InChI=1S/C17H11F4NO2/c18-12-6-10-7-13(22-15(10)14(8-12)16(23)24)5-9-1-3-11(4-2-9)17(19,20)21/h1-4,6-8,22H,5H2,(H,23,24). The van der Waals surface area contributed by atoms with Gasteiger partial charge in [-0.2, -0.15) is 13.2 Å². The molecule has 0 aliphatic carbocycles. The Bertz CT molecular complexity index is 911. The second-order valence-corrected chi connectivity index (χ2v) is 5.39. The fourth-order valence-electron chi connectivity index (χ4n) is 2.56. The summed E-state index contributed by atoms with van der Waals surface area (Å²) < 4.78 is 51.1. The molecule has 0 aliphatic heterocycles. The highest BCUT2D eigenvalue weighted by Gasteiger charge is 2.29. The lowest BCUT2D eigenvalue weighted by atomic mass is 10.1. The molecule has 1 aromatic heterocycles. The Balaban J connectivity index is 1.93. The number of aromatic nitrogens is 1. The molecule has 0 fully saturated rings. The number of carbonyl (C=O) groups is 1. The van der Waals surface area contributed by atoms with Gasteiger partial charge in [0.25, 0.3) is 0 Å². The van der Waals surface area contributed by atoms with Gasteiger partial charge in [-0.1, -0.05) is 12.1 Å². The molecule has 0 atom stereocenters. The third-order valence-corrected chi connectivity index (χ3v) is 3.66. The van der Waals surface area contributed by atoms with Crippen molar-refractivity contribution >= 4 is 16.9 Å². The number of H-pyrrole nitrogens is 1. The van der Waals surface area contributed by atoms with E-state index >= 15 is 0 Å². The van der Waals surface area contributed by atoms with Crippen molar-refractivity contribution in [3.05, 3.63) is 70.7 Å². The van der Waals surface area contributed by atoms with Crippen LogP contribution in [0.5, 0.6) is 0 Å². The molecule has 3 nitrogen and oxygen atoms in total. The molecule has 124 valence electrons. The second kappa shape index (κ2) is 5.67. The van der Waals surface area contributed by atoms with Gasteiger partial charge in [0.05, 0.1) is 16.6 Å². The maximum Gasteiger partial charge on any atom is 0.416 e. The molecule has 0 amide bonds. The van der Waals surface area contributed by atoms with E-state index in [9.17, 15) is 22.4 Å². The normalized spacial score (nSPS) is 11.8. The number of nitrogens with one attached hydrogen (secondary N) is 1. The molecule has 2 N–H and O–H groups in total. The van der Waals surface area contributed by atoms with E-state index in [1.807, 2.05) is 0 Å². The second-order valence-electron chi connectivity index (χ2n) is 5.39. The largest absolute Gasteiger partial charge is 0.478 e. The van der Waals surface area contributed by atoms with E-state index in [2.05, 4.69) is 4.98 Å². The topological polar surface area (TPSA) is 53.1 Å². The minimum atomic E-state index is -4.40. The molecule has 0 bridgehead atoms. The molecule has 0 saturated heterocycles. The lowest BCUT2D eigenvalue weighted by Crippen LogP contribution is -2.04. The highest BCUT2D eigenvalue weighted by Crippen LogP contribution is 2.29. The smallest absolute Gasteiger partial charge is 0.416 e. The predicted molar refractivity (Wildman–Crippen MR) is 79.5 cm³/mol. The van der Waals surface area contributed by atoms with E-state index < -0.39 is 23.5 Å². The van der Waals surface area contributed by atoms with Gasteiger partial charge in [0.2, 0.25) is 0 Å². The first-order valence-corrected chi connectivity index (χ1v) is 6.94. The fourth-order valence-corrected chi connectivity index (χ4v) is 2.56. The van der Waals surface area contributed by atoms with Crippen LogP contribution in [-0.4, -0.2) is 16.1 Å². The van der Waals surface area contributed by atoms with E-state index in [-0.39, 0.29) is 17.5 Å². The molecule has 1 heterocycles. The van der Waals surface area contributed by atoms with Crippen LogP contribution in [0.15, 0.2) is 42.5 Å². The maximum absolute atomic E-state index is 13.5. The molecule has 2 aromatic carbocycles. The van der Waals surface area contributed by atoms with Crippen molar-refractivity contribution in [1.82, 2.24) is 4.98 Å². The Kier molecular flexibility index (Phi) is 3.79. The van der Waals surface area contributed by atoms with Gasteiger partial charge >= 0.3 is 12.1 Å². The van der Waals surface area contributed by atoms with E-state index in [1.54, 1.807) is 6.07 Å². The number of hydrogen-bond acceptors (Lipinski definition) is 1. The number of fused-ring (bicyclic) bond motifs is 1. The minimum Gasteiger partial charge on any atom is -0.478 e. The van der Waals surface area contributed by atoms with Gasteiger partial charge in [-0.15, -0.1) is 0 Å². The van der Waals surface area contributed by atoms with Gasteiger partial charge in [0, 0.05) is 17.5 Å². The molecule has 0 unspecified atom stereocenters. The van der Waals surface area contributed by atoms with Crippen LogP contribution in [0, 0.1) is 5.82 Å². The zero-order valence-electron chi connectivity index (χ0n) is 12.1. The molecule has 3 aromatic rings. The number of aromatic amines is 1. The van der Waals surface area contributed by atoms with E-state index in [4.69, 9.17) is 5.11 Å². The summed E-state index contributed by atoms with van der Waals surface area (Å²) in [4.78, 5) is 14.1. The Morgan fingerprint density at radius 1 is 1.08 bits per heavy atom. The average Bonchev–Trinajstić information content (AvgIpc) is 2.87. The summed E-state index contributed by atoms with van der Waals surface area (Å²) in [6.07, 6.45) is -4.12. The molecule has 24 heavy (non-hydrogen) atoms. The summed E-state index contributed by atoms with van der Waals surface area (Å²) in [5.74, 6) is -1.93. The average molecular weight is 337 g/mol. The van der Waals surface area contributed by atoms with Crippen LogP contribution in [0.1, 0.15) is 27.2 Å². The van der Waals surface area contributed by atoms with Crippen LogP contribution in [0.4, 0.5) is 17.6 Å². The Labute approximate surface area is 133 Å². The number of alkyl halides is 3. The van der Waals surface area contributed by atoms with Gasteiger partial charge in [0.1, 0.15) is 5.82 Å². The first kappa shape index (κ1) is 16.0. The molecule has 0 aliphatic rings. The van der Waals surface area contributed by atoms with Crippen molar-refractivity contribution in [2.45, 2.75) is 12.6 Å². The molecule has 0 saturated carbocycles. The number of rotatable bonds is 3. The molecule has 0 spiro atoms. The molecule has 0 radical (unpaired) electrons. The third kappa shape index (κ3) is 3.10. The summed E-state index contributed by atoms with van der Waals surface area (Å²) in [5.41, 5.74) is 0.553. The summed E-state index contributed by atoms with van der Waals surface area (Å²) in [5, 5.41) is 9.52.